The molecule has 0 heterocycles. The van der Waals surface area contributed by atoms with E-state index in [1.165, 1.54) is 0 Å². The zero-order valence-electron chi connectivity index (χ0n) is 15.2. The number of amides is 1. The van der Waals surface area contributed by atoms with Crippen LogP contribution < -0.4 is 10.1 Å². The Bertz CT molecular complexity index is 703. The molecule has 2 aromatic carbocycles. The van der Waals surface area contributed by atoms with Crippen molar-refractivity contribution < 1.29 is 9.53 Å². The molecule has 1 amide bonds. The minimum atomic E-state index is -0.0153. The van der Waals surface area contributed by atoms with E-state index in [-0.39, 0.29) is 5.91 Å². The molecule has 4 heteroatoms. The van der Waals surface area contributed by atoms with Crippen LogP contribution in [0, 0.1) is 13.8 Å². The molecule has 0 aliphatic carbocycles. The van der Waals surface area contributed by atoms with Gasteiger partial charge in [0.1, 0.15) is 12.4 Å². The second kappa shape index (κ2) is 9.04. The van der Waals surface area contributed by atoms with Crippen LogP contribution in [0.1, 0.15) is 16.7 Å². The standard InChI is InChI=1S/C21H26N2O2/c1-5-10-25-20-8-6-18(7-9-20)14-23(4)15-21(24)22-19-12-16(2)11-17(3)13-19/h5-9,11-13H,1,10,14-15H2,2-4H3,(H,22,24). The molecule has 2 aromatic rings. The maximum absolute atomic E-state index is 12.2. The van der Waals surface area contributed by atoms with E-state index in [2.05, 4.69) is 18.0 Å². The molecular formula is C21H26N2O2. The highest BCUT2D eigenvalue weighted by Crippen LogP contribution is 2.15. The Hall–Kier alpha value is -2.59. The van der Waals surface area contributed by atoms with Crippen LogP contribution in [0.3, 0.4) is 0 Å². The largest absolute Gasteiger partial charge is 0.490 e. The number of carbonyl (C=O) groups excluding carboxylic acids is 1. The van der Waals surface area contributed by atoms with E-state index < -0.39 is 0 Å². The first-order valence-electron chi connectivity index (χ1n) is 8.35. The number of rotatable bonds is 8. The van der Waals surface area contributed by atoms with Crippen LogP contribution in [-0.4, -0.2) is 31.0 Å². The third-order valence-electron chi connectivity index (χ3n) is 3.66. The van der Waals surface area contributed by atoms with Gasteiger partial charge in [0.2, 0.25) is 5.91 Å². The van der Waals surface area contributed by atoms with Crippen molar-refractivity contribution in [3.05, 3.63) is 71.8 Å². The lowest BCUT2D eigenvalue weighted by Crippen LogP contribution is -2.29. The lowest BCUT2D eigenvalue weighted by Gasteiger charge is -2.17. The summed E-state index contributed by atoms with van der Waals surface area (Å²) in [6, 6.07) is 13.9. The van der Waals surface area contributed by atoms with Gasteiger partial charge in [0.05, 0.1) is 6.54 Å². The number of anilines is 1. The van der Waals surface area contributed by atoms with Gasteiger partial charge in [-0.05, 0) is 61.9 Å². The fraction of sp³-hybridized carbons (Fsp3) is 0.286. The maximum Gasteiger partial charge on any atom is 0.238 e. The second-order valence-corrected chi connectivity index (χ2v) is 6.34. The average Bonchev–Trinajstić information content (AvgIpc) is 2.52. The van der Waals surface area contributed by atoms with Crippen LogP contribution in [0.15, 0.2) is 55.1 Å². The third-order valence-corrected chi connectivity index (χ3v) is 3.66. The van der Waals surface area contributed by atoms with Crippen molar-refractivity contribution >= 4 is 11.6 Å². The van der Waals surface area contributed by atoms with Gasteiger partial charge < -0.3 is 10.1 Å². The fourth-order valence-electron chi connectivity index (χ4n) is 2.71. The van der Waals surface area contributed by atoms with Crippen LogP contribution in [0.25, 0.3) is 0 Å². The Morgan fingerprint density at radius 2 is 1.80 bits per heavy atom. The van der Waals surface area contributed by atoms with E-state index in [4.69, 9.17) is 4.74 Å². The molecular weight excluding hydrogens is 312 g/mol. The maximum atomic E-state index is 12.2. The Balaban J connectivity index is 1.85. The second-order valence-electron chi connectivity index (χ2n) is 6.34. The summed E-state index contributed by atoms with van der Waals surface area (Å²) in [6.07, 6.45) is 1.72. The van der Waals surface area contributed by atoms with Crippen molar-refractivity contribution in [3.63, 3.8) is 0 Å². The monoisotopic (exact) mass is 338 g/mol. The molecule has 0 radical (unpaired) electrons. The molecule has 0 saturated heterocycles. The Labute approximate surface area is 150 Å². The predicted octanol–water partition coefficient (Wildman–Crippen LogP) is 3.94. The number of benzene rings is 2. The van der Waals surface area contributed by atoms with Crippen molar-refractivity contribution in [3.8, 4) is 5.75 Å². The van der Waals surface area contributed by atoms with Gasteiger partial charge in [0.25, 0.3) is 0 Å². The molecule has 0 spiro atoms. The molecule has 25 heavy (non-hydrogen) atoms. The number of carbonyl (C=O) groups is 1. The molecule has 132 valence electrons. The van der Waals surface area contributed by atoms with E-state index in [0.717, 1.165) is 28.1 Å². The summed E-state index contributed by atoms with van der Waals surface area (Å²) >= 11 is 0. The third kappa shape index (κ3) is 6.43. The molecule has 0 atom stereocenters. The van der Waals surface area contributed by atoms with Crippen molar-refractivity contribution in [2.24, 2.45) is 0 Å². The summed E-state index contributed by atoms with van der Waals surface area (Å²) < 4.78 is 5.47. The summed E-state index contributed by atoms with van der Waals surface area (Å²) in [5, 5.41) is 2.96. The van der Waals surface area contributed by atoms with Crippen LogP contribution >= 0.6 is 0 Å². The van der Waals surface area contributed by atoms with E-state index in [1.807, 2.05) is 62.2 Å². The van der Waals surface area contributed by atoms with Crippen LogP contribution in [0.4, 0.5) is 5.69 Å². The molecule has 0 aliphatic rings. The first-order valence-corrected chi connectivity index (χ1v) is 8.35. The lowest BCUT2D eigenvalue weighted by molar-refractivity contribution is -0.117. The summed E-state index contributed by atoms with van der Waals surface area (Å²) in [5.74, 6) is 0.803. The zero-order valence-corrected chi connectivity index (χ0v) is 15.2. The summed E-state index contributed by atoms with van der Waals surface area (Å²) in [5.41, 5.74) is 4.26. The van der Waals surface area contributed by atoms with Gasteiger partial charge in [0.15, 0.2) is 0 Å². The number of hydrogen-bond donors (Lipinski definition) is 1. The van der Waals surface area contributed by atoms with Crippen molar-refractivity contribution in [1.82, 2.24) is 4.90 Å². The normalized spacial score (nSPS) is 10.6. The molecule has 0 fully saturated rings. The fourth-order valence-corrected chi connectivity index (χ4v) is 2.71. The van der Waals surface area contributed by atoms with Gasteiger partial charge in [-0.15, -0.1) is 0 Å². The first kappa shape index (κ1) is 18.7. The van der Waals surface area contributed by atoms with Crippen LogP contribution in [0.2, 0.25) is 0 Å². The average molecular weight is 338 g/mol. The highest BCUT2D eigenvalue weighted by molar-refractivity contribution is 5.92. The van der Waals surface area contributed by atoms with Crippen LogP contribution in [0.5, 0.6) is 5.75 Å². The van der Waals surface area contributed by atoms with Crippen molar-refractivity contribution in [2.45, 2.75) is 20.4 Å². The van der Waals surface area contributed by atoms with Crippen LogP contribution in [-0.2, 0) is 11.3 Å². The van der Waals surface area contributed by atoms with Crippen molar-refractivity contribution in [1.29, 1.82) is 0 Å². The highest BCUT2D eigenvalue weighted by atomic mass is 16.5. The van der Waals surface area contributed by atoms with Gasteiger partial charge >= 0.3 is 0 Å². The van der Waals surface area contributed by atoms with Gasteiger partial charge in [0, 0.05) is 12.2 Å². The number of likely N-dealkylation sites (N-methyl/N-ethyl adjacent to an activating group) is 1. The summed E-state index contributed by atoms with van der Waals surface area (Å²) in [6.45, 7) is 9.21. The van der Waals surface area contributed by atoms with Gasteiger partial charge in [-0.3, -0.25) is 9.69 Å². The first-order chi connectivity index (χ1) is 12.0. The van der Waals surface area contributed by atoms with E-state index >= 15 is 0 Å². The molecule has 0 aliphatic heterocycles. The van der Waals surface area contributed by atoms with Gasteiger partial charge in [-0.1, -0.05) is 30.9 Å². The Morgan fingerprint density at radius 3 is 2.40 bits per heavy atom. The predicted molar refractivity (Wildman–Crippen MR) is 103 cm³/mol. The zero-order chi connectivity index (χ0) is 18.2. The number of aryl methyl sites for hydroxylation is 2. The Kier molecular flexibility index (Phi) is 6.78. The van der Waals surface area contributed by atoms with Gasteiger partial charge in [-0.25, -0.2) is 0 Å². The molecule has 0 bridgehead atoms. The topological polar surface area (TPSA) is 41.6 Å². The van der Waals surface area contributed by atoms with E-state index in [0.29, 0.717) is 19.7 Å². The molecule has 0 aromatic heterocycles. The van der Waals surface area contributed by atoms with Gasteiger partial charge in [-0.2, -0.15) is 0 Å². The van der Waals surface area contributed by atoms with Crippen molar-refractivity contribution in [2.75, 3.05) is 25.5 Å². The number of nitrogens with zero attached hydrogens (tertiary/aromatic N) is 1. The molecule has 1 N–H and O–H groups in total. The number of ether oxygens (including phenoxy) is 1. The SMILES string of the molecule is C=CCOc1ccc(CN(C)CC(=O)Nc2cc(C)cc(C)c2)cc1. The minimum absolute atomic E-state index is 0.0153. The summed E-state index contributed by atoms with van der Waals surface area (Å²) in [4.78, 5) is 14.2. The lowest BCUT2D eigenvalue weighted by atomic mass is 10.1. The molecule has 4 nitrogen and oxygen atoms in total. The summed E-state index contributed by atoms with van der Waals surface area (Å²) in [7, 11) is 1.93. The van der Waals surface area contributed by atoms with E-state index in [1.54, 1.807) is 6.08 Å². The number of hydrogen-bond acceptors (Lipinski definition) is 3. The quantitative estimate of drug-likeness (QED) is 0.741. The van der Waals surface area contributed by atoms with E-state index in [9.17, 15) is 4.79 Å². The Morgan fingerprint density at radius 1 is 1.16 bits per heavy atom. The highest BCUT2D eigenvalue weighted by Gasteiger charge is 2.08. The number of nitrogens with one attached hydrogen (secondary N) is 1. The smallest absolute Gasteiger partial charge is 0.238 e. The minimum Gasteiger partial charge on any atom is -0.490 e. The molecule has 0 unspecified atom stereocenters. The molecule has 0 saturated carbocycles. The molecule has 2 rings (SSSR count).